The zero-order valence-electron chi connectivity index (χ0n) is 10.6. The molecule has 0 saturated heterocycles. The first-order chi connectivity index (χ1) is 8.51. The molecule has 0 spiro atoms. The molecule has 0 heterocycles. The van der Waals surface area contributed by atoms with Crippen LogP contribution in [0.5, 0.6) is 0 Å². The molecular weight excluding hydrogens is 299 g/mol. The molecule has 1 aromatic carbocycles. The monoisotopic (exact) mass is 311 g/mol. The number of halogens is 4. The molecule has 0 unspecified atom stereocenters. The van der Waals surface area contributed by atoms with E-state index in [1.54, 1.807) is 20.8 Å². The molecule has 0 N–H and O–H groups in total. The van der Waals surface area contributed by atoms with E-state index in [2.05, 4.69) is 4.40 Å². The van der Waals surface area contributed by atoms with Crippen LogP contribution in [0.25, 0.3) is 0 Å². The van der Waals surface area contributed by atoms with Crippen LogP contribution in [0.3, 0.4) is 0 Å². The van der Waals surface area contributed by atoms with Crippen molar-refractivity contribution in [3.8, 4) is 0 Å². The van der Waals surface area contributed by atoms with Crippen LogP contribution in [-0.4, -0.2) is 15.2 Å². The molecule has 19 heavy (non-hydrogen) atoms. The Morgan fingerprint density at radius 3 is 2.26 bits per heavy atom. The van der Waals surface area contributed by atoms with E-state index in [1.807, 2.05) is 0 Å². The summed E-state index contributed by atoms with van der Waals surface area (Å²) in [5.74, 6) is 0. The Hall–Kier alpha value is -0.880. The van der Waals surface area contributed by atoms with Crippen LogP contribution in [0.4, 0.5) is 13.2 Å². The molecule has 0 bridgehead atoms. The molecule has 0 amide bonds. The first-order valence-electron chi connectivity index (χ1n) is 5.34. The molecular formula is C12H13ClF3NOS. The predicted molar refractivity (Wildman–Crippen MR) is 71.9 cm³/mol. The average molecular weight is 312 g/mol. The minimum Gasteiger partial charge on any atom is -0.234 e. The third-order valence-corrected chi connectivity index (χ3v) is 3.78. The summed E-state index contributed by atoms with van der Waals surface area (Å²) in [6.45, 7) is 5.25. The van der Waals surface area contributed by atoms with E-state index in [4.69, 9.17) is 11.6 Å². The first kappa shape index (κ1) is 16.2. The summed E-state index contributed by atoms with van der Waals surface area (Å²) in [6, 6.07) is 3.26. The molecule has 7 heteroatoms. The van der Waals surface area contributed by atoms with Gasteiger partial charge in [-0.25, -0.2) is 4.21 Å². The number of hydrogen-bond donors (Lipinski definition) is 0. The van der Waals surface area contributed by atoms with Gasteiger partial charge in [0.1, 0.15) is 11.0 Å². The van der Waals surface area contributed by atoms with E-state index in [9.17, 15) is 17.4 Å². The first-order valence-corrected chi connectivity index (χ1v) is 6.83. The zero-order valence-corrected chi connectivity index (χ0v) is 12.2. The maximum atomic E-state index is 12.5. The summed E-state index contributed by atoms with van der Waals surface area (Å²) in [5, 5.41) is -0.405. The van der Waals surface area contributed by atoms with E-state index >= 15 is 0 Å². The number of hydrogen-bond acceptors (Lipinski definition) is 1. The summed E-state index contributed by atoms with van der Waals surface area (Å²) in [4.78, 5) is 0. The molecule has 0 aromatic heterocycles. The van der Waals surface area contributed by atoms with Gasteiger partial charge in [-0.05, 0) is 38.5 Å². The Morgan fingerprint density at radius 2 is 1.84 bits per heavy atom. The molecule has 1 atom stereocenters. The van der Waals surface area contributed by atoms with Gasteiger partial charge in [-0.3, -0.25) is 0 Å². The van der Waals surface area contributed by atoms with E-state index in [0.29, 0.717) is 5.56 Å². The van der Waals surface area contributed by atoms with Gasteiger partial charge in [-0.2, -0.15) is 17.6 Å². The van der Waals surface area contributed by atoms with Crippen LogP contribution >= 0.6 is 11.6 Å². The lowest BCUT2D eigenvalue weighted by molar-refractivity contribution is -0.137. The van der Waals surface area contributed by atoms with Gasteiger partial charge < -0.3 is 0 Å². The van der Waals surface area contributed by atoms with Crippen LogP contribution < -0.4 is 0 Å². The van der Waals surface area contributed by atoms with Gasteiger partial charge in [-0.1, -0.05) is 17.7 Å². The second-order valence-electron chi connectivity index (χ2n) is 4.83. The van der Waals surface area contributed by atoms with Crippen LogP contribution in [0.15, 0.2) is 22.6 Å². The van der Waals surface area contributed by atoms with Crippen LogP contribution in [-0.2, 0) is 17.2 Å². The van der Waals surface area contributed by atoms with E-state index in [-0.39, 0.29) is 0 Å². The molecule has 0 radical (unpaired) electrons. The van der Waals surface area contributed by atoms with Crippen molar-refractivity contribution in [2.24, 2.45) is 4.40 Å². The van der Waals surface area contributed by atoms with E-state index < -0.39 is 32.5 Å². The molecule has 0 aliphatic heterocycles. The molecule has 2 nitrogen and oxygen atoms in total. The van der Waals surface area contributed by atoms with E-state index in [1.165, 1.54) is 12.3 Å². The molecule has 0 fully saturated rings. The molecule has 0 aliphatic carbocycles. The van der Waals surface area contributed by atoms with Crippen LogP contribution in [0, 0.1) is 0 Å². The molecule has 1 rings (SSSR count). The Balaban J connectivity index is 2.98. The Bertz CT molecular complexity index is 521. The third-order valence-electron chi connectivity index (χ3n) is 2.12. The smallest absolute Gasteiger partial charge is 0.234 e. The Labute approximate surface area is 117 Å². The van der Waals surface area contributed by atoms with Crippen molar-refractivity contribution >= 4 is 28.8 Å². The van der Waals surface area contributed by atoms with Gasteiger partial charge in [0.2, 0.25) is 0 Å². The van der Waals surface area contributed by atoms with Gasteiger partial charge in [0.25, 0.3) is 0 Å². The highest BCUT2D eigenvalue weighted by Crippen LogP contribution is 2.34. The summed E-state index contributed by atoms with van der Waals surface area (Å²) < 4.78 is 52.4. The van der Waals surface area contributed by atoms with Crippen molar-refractivity contribution in [2.75, 3.05) is 0 Å². The standard InChI is InChI=1S/C12H13ClF3NOS/c1-11(2,3)19(18)17-7-8-4-5-9(10(13)6-8)12(14,15)16/h4-7H,1-3H3/t19-/m0/s1. The summed E-state index contributed by atoms with van der Waals surface area (Å²) in [5.41, 5.74) is -0.529. The van der Waals surface area contributed by atoms with E-state index in [0.717, 1.165) is 12.1 Å². The van der Waals surface area contributed by atoms with Crippen LogP contribution in [0.1, 0.15) is 31.9 Å². The lowest BCUT2D eigenvalue weighted by Gasteiger charge is -2.13. The second-order valence-corrected chi connectivity index (χ2v) is 7.17. The second kappa shape index (κ2) is 5.63. The molecule has 0 aliphatic rings. The minimum atomic E-state index is -4.49. The predicted octanol–water partition coefficient (Wildman–Crippen LogP) is 4.24. The lowest BCUT2D eigenvalue weighted by atomic mass is 10.1. The third kappa shape index (κ3) is 4.62. The SMILES string of the molecule is CC(C)(C)[S@](=O)N=Cc1ccc(C(F)(F)F)c(Cl)c1. The molecule has 106 valence electrons. The topological polar surface area (TPSA) is 29.4 Å². The fraction of sp³-hybridized carbons (Fsp3) is 0.417. The number of benzene rings is 1. The number of rotatable bonds is 2. The van der Waals surface area contributed by atoms with Gasteiger partial charge in [0, 0.05) is 6.21 Å². The highest BCUT2D eigenvalue weighted by molar-refractivity contribution is 7.85. The Kier molecular flexibility index (Phi) is 4.79. The number of nitrogens with zero attached hydrogens (tertiary/aromatic N) is 1. The molecule has 0 saturated carbocycles. The molecule has 1 aromatic rings. The van der Waals surface area contributed by atoms with Crippen molar-refractivity contribution in [3.63, 3.8) is 0 Å². The van der Waals surface area contributed by atoms with Gasteiger partial charge in [-0.15, -0.1) is 0 Å². The zero-order chi connectivity index (χ0) is 14.8. The van der Waals surface area contributed by atoms with Crippen molar-refractivity contribution < 1.29 is 17.4 Å². The lowest BCUT2D eigenvalue weighted by Crippen LogP contribution is -2.19. The van der Waals surface area contributed by atoms with Crippen LogP contribution in [0.2, 0.25) is 5.02 Å². The maximum absolute atomic E-state index is 12.5. The van der Waals surface area contributed by atoms with Crippen molar-refractivity contribution in [1.82, 2.24) is 0 Å². The summed E-state index contributed by atoms with van der Waals surface area (Å²) in [7, 11) is -1.46. The average Bonchev–Trinajstić information content (AvgIpc) is 2.22. The fourth-order valence-corrected chi connectivity index (χ4v) is 1.94. The van der Waals surface area contributed by atoms with Gasteiger partial charge >= 0.3 is 6.18 Å². The van der Waals surface area contributed by atoms with Crippen molar-refractivity contribution in [3.05, 3.63) is 34.3 Å². The summed E-state index contributed by atoms with van der Waals surface area (Å²) in [6.07, 6.45) is -3.23. The Morgan fingerprint density at radius 1 is 1.26 bits per heavy atom. The quantitative estimate of drug-likeness (QED) is 0.751. The largest absolute Gasteiger partial charge is 0.417 e. The van der Waals surface area contributed by atoms with Crippen molar-refractivity contribution in [1.29, 1.82) is 0 Å². The van der Waals surface area contributed by atoms with Crippen molar-refractivity contribution in [2.45, 2.75) is 31.7 Å². The van der Waals surface area contributed by atoms with Gasteiger partial charge in [0.05, 0.1) is 15.3 Å². The van der Waals surface area contributed by atoms with Gasteiger partial charge in [0.15, 0.2) is 0 Å². The highest BCUT2D eigenvalue weighted by Gasteiger charge is 2.32. The summed E-state index contributed by atoms with van der Waals surface area (Å²) >= 11 is 5.56. The maximum Gasteiger partial charge on any atom is 0.417 e. The highest BCUT2D eigenvalue weighted by atomic mass is 35.5. The fourth-order valence-electron chi connectivity index (χ4n) is 1.11. The minimum absolute atomic E-state index is 0.371. The number of alkyl halides is 3. The normalized spacial score (nSPS) is 14.9.